The van der Waals surface area contributed by atoms with Gasteiger partial charge in [-0.3, -0.25) is 9.36 Å². The Hall–Kier alpha value is -3.22. The second kappa shape index (κ2) is 7.97. The van der Waals surface area contributed by atoms with Crippen LogP contribution in [0.3, 0.4) is 0 Å². The molecule has 0 saturated carbocycles. The van der Waals surface area contributed by atoms with E-state index in [2.05, 4.69) is 70.9 Å². The summed E-state index contributed by atoms with van der Waals surface area (Å²) >= 11 is 3.20. The lowest BCUT2D eigenvalue weighted by atomic mass is 9.85. The molecule has 0 radical (unpaired) electrons. The number of thiazole rings is 1. The summed E-state index contributed by atoms with van der Waals surface area (Å²) in [4.78, 5) is 22.8. The molecule has 4 nitrogen and oxygen atoms in total. The summed E-state index contributed by atoms with van der Waals surface area (Å²) in [6, 6.07) is 20.9. The number of thiophene rings is 1. The highest BCUT2D eigenvalue weighted by atomic mass is 32.1. The van der Waals surface area contributed by atoms with Gasteiger partial charge in [0, 0.05) is 30.2 Å². The zero-order chi connectivity index (χ0) is 22.5. The van der Waals surface area contributed by atoms with Crippen LogP contribution in [-0.4, -0.2) is 18.7 Å². The molecule has 0 saturated heterocycles. The van der Waals surface area contributed by atoms with Crippen LogP contribution in [0.5, 0.6) is 0 Å². The number of aromatic nitrogens is 1. The predicted molar refractivity (Wildman–Crippen MR) is 138 cm³/mol. The number of hydrogen-bond donors (Lipinski definition) is 0. The third-order valence-electron chi connectivity index (χ3n) is 6.39. The Labute approximate surface area is 200 Å². The number of allylic oxidation sites excluding steroid dienone is 1. The Balaban J connectivity index is 1.56. The van der Waals surface area contributed by atoms with E-state index in [0.29, 0.717) is 0 Å². The molecule has 164 valence electrons. The number of fused-ring (bicyclic) bond motifs is 3. The van der Waals surface area contributed by atoms with Gasteiger partial charge in [-0.25, -0.2) is 4.99 Å². The van der Waals surface area contributed by atoms with Crippen molar-refractivity contribution >= 4 is 40.1 Å². The van der Waals surface area contributed by atoms with Crippen LogP contribution >= 0.6 is 22.7 Å². The van der Waals surface area contributed by atoms with Crippen molar-refractivity contribution in [3.05, 3.63) is 113 Å². The van der Waals surface area contributed by atoms with Gasteiger partial charge in [0.15, 0.2) is 4.80 Å². The third-order valence-corrected chi connectivity index (χ3v) is 8.30. The number of hydrogen-bond acceptors (Lipinski definition) is 5. The molecular weight excluding hydrogens is 446 g/mol. The number of anilines is 1. The smallest absolute Gasteiger partial charge is 0.271 e. The molecule has 0 spiro atoms. The van der Waals surface area contributed by atoms with Gasteiger partial charge >= 0.3 is 0 Å². The van der Waals surface area contributed by atoms with E-state index < -0.39 is 0 Å². The van der Waals surface area contributed by atoms with E-state index in [1.165, 1.54) is 32.9 Å². The lowest BCUT2D eigenvalue weighted by molar-refractivity contribution is 0.593. The van der Waals surface area contributed by atoms with Crippen molar-refractivity contribution < 1.29 is 0 Å². The van der Waals surface area contributed by atoms with Crippen LogP contribution in [0, 0.1) is 0 Å². The molecule has 0 N–H and O–H groups in total. The van der Waals surface area contributed by atoms with Crippen LogP contribution < -0.4 is 19.8 Å². The van der Waals surface area contributed by atoms with Gasteiger partial charge in [-0.15, -0.1) is 11.3 Å². The first kappa shape index (κ1) is 20.4. The standard InChI is InChI=1S/C27H23N3OS2/c1-29(2)19-12-9-17(10-13-19)16-23-26(31)30-25(22-8-5-15-32-22)21-14-11-18-6-3-4-7-20(18)24(21)28-27(30)33-23/h3-10,12-13,15-16,25H,11,14H2,1-2H3/b23-16+. The van der Waals surface area contributed by atoms with Crippen LogP contribution in [0.4, 0.5) is 5.69 Å². The Bertz CT molecular complexity index is 1550. The van der Waals surface area contributed by atoms with E-state index in [1.54, 1.807) is 11.3 Å². The van der Waals surface area contributed by atoms with Crippen molar-refractivity contribution in [2.75, 3.05) is 19.0 Å². The van der Waals surface area contributed by atoms with Crippen molar-refractivity contribution in [2.45, 2.75) is 18.9 Å². The highest BCUT2D eigenvalue weighted by Crippen LogP contribution is 2.42. The molecule has 4 aromatic rings. The molecular formula is C27H23N3OS2. The number of benzene rings is 2. The summed E-state index contributed by atoms with van der Waals surface area (Å²) in [6.07, 6.45) is 3.90. The van der Waals surface area contributed by atoms with Gasteiger partial charge in [-0.2, -0.15) is 0 Å². The molecule has 1 aliphatic heterocycles. The van der Waals surface area contributed by atoms with Crippen molar-refractivity contribution in [1.82, 2.24) is 4.57 Å². The van der Waals surface area contributed by atoms with Gasteiger partial charge in [-0.1, -0.05) is 53.8 Å². The molecule has 6 heteroatoms. The average Bonchev–Trinajstić information content (AvgIpc) is 3.47. The molecule has 1 aliphatic carbocycles. The Morgan fingerprint density at radius 1 is 1.03 bits per heavy atom. The summed E-state index contributed by atoms with van der Waals surface area (Å²) in [6.45, 7) is 0. The van der Waals surface area contributed by atoms with Crippen molar-refractivity contribution in [3.63, 3.8) is 0 Å². The Morgan fingerprint density at radius 3 is 2.61 bits per heavy atom. The fraction of sp³-hybridized carbons (Fsp3) is 0.185. The summed E-state index contributed by atoms with van der Waals surface area (Å²) in [5.41, 5.74) is 7.05. The largest absolute Gasteiger partial charge is 0.378 e. The summed E-state index contributed by atoms with van der Waals surface area (Å²) in [7, 11) is 4.05. The van der Waals surface area contributed by atoms with Crippen LogP contribution in [0.1, 0.15) is 34.0 Å². The fourth-order valence-corrected chi connectivity index (χ4v) is 6.59. The SMILES string of the molecule is CN(C)c1ccc(/C=c2/sc3n(c2=O)C(c2cccs2)C2=C(N=3)c3ccccc3CC2)cc1. The lowest BCUT2D eigenvalue weighted by Crippen LogP contribution is -2.38. The van der Waals surface area contributed by atoms with E-state index >= 15 is 0 Å². The minimum atomic E-state index is -0.0807. The number of rotatable bonds is 3. The van der Waals surface area contributed by atoms with E-state index in [1.807, 2.05) is 24.7 Å². The third kappa shape index (κ3) is 3.41. The van der Waals surface area contributed by atoms with Gasteiger partial charge in [0.05, 0.1) is 16.3 Å². The van der Waals surface area contributed by atoms with E-state index in [9.17, 15) is 4.79 Å². The van der Waals surface area contributed by atoms with Gasteiger partial charge in [-0.05, 0) is 59.2 Å². The van der Waals surface area contributed by atoms with E-state index in [-0.39, 0.29) is 11.6 Å². The maximum absolute atomic E-state index is 13.7. The molecule has 1 atom stereocenters. The molecule has 0 amide bonds. The van der Waals surface area contributed by atoms with Crippen molar-refractivity contribution in [1.29, 1.82) is 0 Å². The minimum Gasteiger partial charge on any atom is -0.378 e. The first-order valence-electron chi connectivity index (χ1n) is 11.0. The Kier molecular flexibility index (Phi) is 4.93. The topological polar surface area (TPSA) is 37.6 Å². The zero-order valence-corrected chi connectivity index (χ0v) is 20.1. The number of aryl methyl sites for hydroxylation is 1. The van der Waals surface area contributed by atoms with Crippen molar-refractivity contribution in [3.8, 4) is 0 Å². The quantitative estimate of drug-likeness (QED) is 0.445. The van der Waals surface area contributed by atoms with Gasteiger partial charge in [0.25, 0.3) is 5.56 Å². The van der Waals surface area contributed by atoms with Crippen molar-refractivity contribution in [2.24, 2.45) is 4.99 Å². The van der Waals surface area contributed by atoms with E-state index in [0.717, 1.165) is 39.1 Å². The zero-order valence-electron chi connectivity index (χ0n) is 18.5. The molecule has 3 heterocycles. The van der Waals surface area contributed by atoms with Crippen LogP contribution in [0.15, 0.2) is 81.4 Å². The first-order valence-corrected chi connectivity index (χ1v) is 12.7. The number of nitrogens with zero attached hydrogens (tertiary/aromatic N) is 3. The van der Waals surface area contributed by atoms with E-state index in [4.69, 9.17) is 4.99 Å². The highest BCUT2D eigenvalue weighted by molar-refractivity contribution is 7.10. The first-order chi connectivity index (χ1) is 16.1. The van der Waals surface area contributed by atoms with Crippen LogP contribution in [0.2, 0.25) is 0 Å². The van der Waals surface area contributed by atoms with Gasteiger partial charge in [0.2, 0.25) is 0 Å². The minimum absolute atomic E-state index is 0.0410. The van der Waals surface area contributed by atoms with Gasteiger partial charge < -0.3 is 4.90 Å². The summed E-state index contributed by atoms with van der Waals surface area (Å²) < 4.78 is 2.64. The van der Waals surface area contributed by atoms with Crippen LogP contribution in [0.25, 0.3) is 11.8 Å². The summed E-state index contributed by atoms with van der Waals surface area (Å²) in [5, 5.41) is 2.09. The lowest BCUT2D eigenvalue weighted by Gasteiger charge is -2.30. The normalized spacial score (nSPS) is 17.3. The maximum atomic E-state index is 13.7. The molecule has 0 fully saturated rings. The molecule has 33 heavy (non-hydrogen) atoms. The van der Waals surface area contributed by atoms with Gasteiger partial charge in [0.1, 0.15) is 0 Å². The molecule has 1 unspecified atom stereocenters. The highest BCUT2D eigenvalue weighted by Gasteiger charge is 2.32. The molecule has 0 bridgehead atoms. The molecule has 6 rings (SSSR count). The maximum Gasteiger partial charge on any atom is 0.271 e. The second-order valence-electron chi connectivity index (χ2n) is 8.62. The van der Waals surface area contributed by atoms with Crippen LogP contribution in [-0.2, 0) is 6.42 Å². The molecule has 2 aromatic heterocycles. The molecule has 2 aromatic carbocycles. The monoisotopic (exact) mass is 469 g/mol. The summed E-state index contributed by atoms with van der Waals surface area (Å²) in [5.74, 6) is 0. The second-order valence-corrected chi connectivity index (χ2v) is 10.6. The average molecular weight is 470 g/mol. The predicted octanol–water partition coefficient (Wildman–Crippen LogP) is 4.45. The molecule has 2 aliphatic rings. The Morgan fingerprint density at radius 2 is 1.85 bits per heavy atom. The fourth-order valence-electron chi connectivity index (χ4n) is 4.74.